The van der Waals surface area contributed by atoms with E-state index in [0.717, 1.165) is 24.0 Å². The maximum atomic E-state index is 14.9. The molecule has 4 heterocycles. The van der Waals surface area contributed by atoms with Crippen LogP contribution in [-0.4, -0.2) is 94.6 Å². The fourth-order valence-electron chi connectivity index (χ4n) is 6.06. The molecular weight excluding hydrogens is 593 g/mol. The van der Waals surface area contributed by atoms with Gasteiger partial charge < -0.3 is 34.7 Å². The summed E-state index contributed by atoms with van der Waals surface area (Å²) in [6.07, 6.45) is 4.53. The Hall–Kier alpha value is -4.23. The maximum absolute atomic E-state index is 14.9. The molecule has 2 amide bonds. The van der Waals surface area contributed by atoms with E-state index in [-0.39, 0.29) is 30.7 Å². The van der Waals surface area contributed by atoms with E-state index >= 15 is 0 Å². The number of oxazole rings is 1. The van der Waals surface area contributed by atoms with E-state index in [1.165, 1.54) is 18.9 Å². The number of benzene rings is 1. The Labute approximate surface area is 267 Å². The number of fused-ring (bicyclic) bond motifs is 1. The molecular formula is C33H42FN7O5. The van der Waals surface area contributed by atoms with Gasteiger partial charge in [-0.25, -0.2) is 14.4 Å². The number of hydrogen-bond donors (Lipinski definition) is 3. The second kappa shape index (κ2) is 14.0. The molecule has 1 aliphatic carbocycles. The van der Waals surface area contributed by atoms with Gasteiger partial charge in [-0.3, -0.25) is 14.5 Å². The third-order valence-electron chi connectivity index (χ3n) is 9.10. The summed E-state index contributed by atoms with van der Waals surface area (Å²) in [6, 6.07) is 7.12. The van der Waals surface area contributed by atoms with Crippen molar-refractivity contribution in [2.75, 3.05) is 56.0 Å². The van der Waals surface area contributed by atoms with Gasteiger partial charge in [-0.2, -0.15) is 0 Å². The van der Waals surface area contributed by atoms with E-state index in [4.69, 9.17) is 14.1 Å². The van der Waals surface area contributed by atoms with E-state index in [2.05, 4.69) is 25.4 Å². The number of rotatable bonds is 11. The number of aromatic nitrogens is 2. The molecule has 0 bridgehead atoms. The van der Waals surface area contributed by atoms with Crippen LogP contribution in [-0.2, 0) is 24.4 Å². The predicted molar refractivity (Wildman–Crippen MR) is 169 cm³/mol. The van der Waals surface area contributed by atoms with Gasteiger partial charge in [-0.1, -0.05) is 0 Å². The summed E-state index contributed by atoms with van der Waals surface area (Å²) in [6.45, 7) is 7.55. The lowest BCUT2D eigenvalue weighted by molar-refractivity contribution is -0.129. The van der Waals surface area contributed by atoms with Crippen molar-refractivity contribution in [3.05, 3.63) is 64.6 Å². The highest BCUT2D eigenvalue weighted by Gasteiger charge is 2.25. The molecule has 0 spiro atoms. The number of amides is 2. The van der Waals surface area contributed by atoms with Crippen molar-refractivity contribution in [2.45, 2.75) is 64.8 Å². The molecule has 1 aromatic carbocycles. The van der Waals surface area contributed by atoms with Crippen LogP contribution in [0.15, 0.2) is 35.1 Å². The van der Waals surface area contributed by atoms with Crippen molar-refractivity contribution < 1.29 is 28.2 Å². The summed E-state index contributed by atoms with van der Waals surface area (Å²) < 4.78 is 25.8. The number of aryl methyl sites for hydroxylation is 1. The smallest absolute Gasteiger partial charge is 0.251 e. The first-order chi connectivity index (χ1) is 22.2. The van der Waals surface area contributed by atoms with Crippen LogP contribution in [0, 0.1) is 12.7 Å². The molecule has 2 aromatic heterocycles. The van der Waals surface area contributed by atoms with Gasteiger partial charge in [-0.15, -0.1) is 0 Å². The van der Waals surface area contributed by atoms with Gasteiger partial charge in [0.15, 0.2) is 23.7 Å². The van der Waals surface area contributed by atoms with E-state index in [1.54, 1.807) is 32.0 Å². The Morgan fingerprint density at radius 1 is 1.13 bits per heavy atom. The van der Waals surface area contributed by atoms with Crippen molar-refractivity contribution in [1.29, 1.82) is 0 Å². The summed E-state index contributed by atoms with van der Waals surface area (Å²) in [4.78, 5) is 39.9. The van der Waals surface area contributed by atoms with E-state index < -0.39 is 11.9 Å². The average Bonchev–Trinajstić information content (AvgIpc) is 3.44. The molecule has 1 atom stereocenters. The molecule has 6 rings (SSSR count). The molecule has 2 aliphatic heterocycles. The number of ether oxygens (including phenoxy) is 1. The molecule has 0 radical (unpaired) electrons. The van der Waals surface area contributed by atoms with E-state index in [9.17, 15) is 19.1 Å². The number of piperazine rings is 1. The highest BCUT2D eigenvalue weighted by molar-refractivity contribution is 5.95. The Bertz CT molecular complexity index is 1550. The molecule has 1 saturated carbocycles. The third kappa shape index (κ3) is 7.59. The molecule has 13 heteroatoms. The largest absolute Gasteiger partial charge is 0.482 e. The SMILES string of the molecule is CC(=O)N1CCN(c2cc(C(=O)NCC(O)CN3CCc4cc(OCc5ocnc5C)c(F)cc4C3)cc(NC3CCC3)n2)CC1. The van der Waals surface area contributed by atoms with Gasteiger partial charge in [-0.05, 0) is 68.0 Å². The number of aliphatic hydroxyl groups excluding tert-OH is 1. The average molecular weight is 636 g/mol. The summed E-state index contributed by atoms with van der Waals surface area (Å²) in [7, 11) is 0. The quantitative estimate of drug-likeness (QED) is 0.289. The van der Waals surface area contributed by atoms with Crippen LogP contribution in [0.25, 0.3) is 0 Å². The van der Waals surface area contributed by atoms with Crippen LogP contribution >= 0.6 is 0 Å². The van der Waals surface area contributed by atoms with Crippen molar-refractivity contribution in [1.82, 2.24) is 25.1 Å². The van der Waals surface area contributed by atoms with Gasteiger partial charge in [0.25, 0.3) is 5.91 Å². The number of hydrogen-bond acceptors (Lipinski definition) is 10. The molecule has 2 fully saturated rings. The number of β-amino-alcohol motifs (C(OH)–C–C–N with tert-alkyl or cyclic N) is 1. The van der Waals surface area contributed by atoms with Gasteiger partial charge in [0.2, 0.25) is 5.91 Å². The van der Waals surface area contributed by atoms with Crippen molar-refractivity contribution >= 4 is 23.5 Å². The summed E-state index contributed by atoms with van der Waals surface area (Å²) in [5.41, 5.74) is 3.03. The molecule has 3 aliphatic rings. The fourth-order valence-corrected chi connectivity index (χ4v) is 6.06. The third-order valence-corrected chi connectivity index (χ3v) is 9.10. The lowest BCUT2D eigenvalue weighted by atomic mass is 9.93. The van der Waals surface area contributed by atoms with Crippen LogP contribution in [0.4, 0.5) is 16.0 Å². The fraction of sp³-hybridized carbons (Fsp3) is 0.515. The van der Waals surface area contributed by atoms with E-state index in [0.29, 0.717) is 86.9 Å². The van der Waals surface area contributed by atoms with Gasteiger partial charge in [0, 0.05) is 70.9 Å². The number of anilines is 2. The Balaban J connectivity index is 1.03. The van der Waals surface area contributed by atoms with E-state index in [1.807, 2.05) is 4.90 Å². The Kier molecular flexibility index (Phi) is 9.69. The standard InChI is InChI=1S/C33H42FN7O5/c1-21-30(46-20-36-21)19-45-29-13-23-6-7-39(17-25(23)12-28(29)34)18-27(43)16-35-33(44)24-14-31(37-26-4-3-5-26)38-32(15-24)41-10-8-40(9-11-41)22(2)42/h12-15,20,26-27,43H,3-11,16-19H2,1-2H3,(H,35,44)(H,37,38). The summed E-state index contributed by atoms with van der Waals surface area (Å²) in [5.74, 6) is 1.40. The lowest BCUT2D eigenvalue weighted by Gasteiger charge is -2.35. The number of carbonyl (C=O) groups excluding carboxylic acids is 2. The summed E-state index contributed by atoms with van der Waals surface area (Å²) in [5, 5.41) is 17.2. The number of carbonyl (C=O) groups is 2. The predicted octanol–water partition coefficient (Wildman–Crippen LogP) is 2.88. The first-order valence-electron chi connectivity index (χ1n) is 16.0. The first-order valence-corrected chi connectivity index (χ1v) is 16.0. The summed E-state index contributed by atoms with van der Waals surface area (Å²) >= 11 is 0. The minimum atomic E-state index is -0.809. The zero-order valence-electron chi connectivity index (χ0n) is 26.4. The van der Waals surface area contributed by atoms with Crippen LogP contribution in [0.2, 0.25) is 0 Å². The normalized spacial score (nSPS) is 17.7. The number of nitrogens with one attached hydrogen (secondary N) is 2. The highest BCUT2D eigenvalue weighted by Crippen LogP contribution is 2.29. The van der Waals surface area contributed by atoms with Crippen LogP contribution in [0.1, 0.15) is 59.1 Å². The molecule has 3 N–H and O–H groups in total. The van der Waals surface area contributed by atoms with Crippen LogP contribution in [0.5, 0.6) is 5.75 Å². The van der Waals surface area contributed by atoms with Crippen molar-refractivity contribution in [3.63, 3.8) is 0 Å². The topological polar surface area (TPSA) is 136 Å². The monoisotopic (exact) mass is 635 g/mol. The van der Waals surface area contributed by atoms with Crippen molar-refractivity contribution in [2.24, 2.45) is 0 Å². The zero-order valence-corrected chi connectivity index (χ0v) is 26.4. The molecule has 3 aromatic rings. The van der Waals surface area contributed by atoms with Gasteiger partial charge in [0.1, 0.15) is 18.2 Å². The minimum Gasteiger partial charge on any atom is -0.482 e. The second-order valence-electron chi connectivity index (χ2n) is 12.4. The number of pyridine rings is 1. The number of halogens is 1. The molecule has 1 unspecified atom stereocenters. The van der Waals surface area contributed by atoms with Gasteiger partial charge >= 0.3 is 0 Å². The van der Waals surface area contributed by atoms with Crippen LogP contribution < -0.4 is 20.3 Å². The van der Waals surface area contributed by atoms with Crippen LogP contribution in [0.3, 0.4) is 0 Å². The minimum absolute atomic E-state index is 0.0570. The zero-order chi connectivity index (χ0) is 32.2. The molecule has 246 valence electrons. The molecule has 46 heavy (non-hydrogen) atoms. The highest BCUT2D eigenvalue weighted by atomic mass is 19.1. The first kappa shape index (κ1) is 31.7. The molecule has 12 nitrogen and oxygen atoms in total. The second-order valence-corrected chi connectivity index (χ2v) is 12.4. The molecule has 1 saturated heterocycles. The Morgan fingerprint density at radius 3 is 2.63 bits per heavy atom. The number of nitrogens with zero attached hydrogens (tertiary/aromatic N) is 5. The lowest BCUT2D eigenvalue weighted by Crippen LogP contribution is -2.48. The van der Waals surface area contributed by atoms with Gasteiger partial charge in [0.05, 0.1) is 11.8 Å². The van der Waals surface area contributed by atoms with Crippen molar-refractivity contribution in [3.8, 4) is 5.75 Å². The Morgan fingerprint density at radius 2 is 1.93 bits per heavy atom. The number of aliphatic hydroxyl groups is 1. The maximum Gasteiger partial charge on any atom is 0.251 e.